The van der Waals surface area contributed by atoms with Gasteiger partial charge in [0.2, 0.25) is 0 Å². The van der Waals surface area contributed by atoms with Crippen molar-refractivity contribution in [3.8, 4) is 20.9 Å². The first kappa shape index (κ1) is 36.4. The molecule has 0 aliphatic carbocycles. The van der Waals surface area contributed by atoms with Crippen LogP contribution in [0.5, 0.6) is 0 Å². The van der Waals surface area contributed by atoms with Crippen molar-refractivity contribution in [2.45, 2.75) is 155 Å². The van der Waals surface area contributed by atoms with Gasteiger partial charge in [-0.15, -0.1) is 0 Å². The number of aryl methyl sites for hydroxylation is 2. The summed E-state index contributed by atoms with van der Waals surface area (Å²) < 4.78 is 40.8. The van der Waals surface area contributed by atoms with Crippen molar-refractivity contribution in [2.24, 2.45) is 0 Å². The topological polar surface area (TPSA) is 25.8 Å². The zero-order valence-corrected chi connectivity index (χ0v) is 31.1. The summed E-state index contributed by atoms with van der Waals surface area (Å²) in [4.78, 5) is 1.53. The first-order valence-corrected chi connectivity index (χ1v) is 21.2. The summed E-state index contributed by atoms with van der Waals surface area (Å²) in [5.41, 5.74) is 4.11. The number of fused-ring (bicyclic) bond motifs is 1. The van der Waals surface area contributed by atoms with Crippen LogP contribution in [0.1, 0.15) is 153 Å². The molecule has 0 saturated heterocycles. The molecule has 7 heteroatoms. The van der Waals surface area contributed by atoms with Gasteiger partial charge in [0.15, 0.2) is 0 Å². The molecule has 0 radical (unpaired) electrons. The summed E-state index contributed by atoms with van der Waals surface area (Å²) in [6.07, 6.45) is 28.2. The van der Waals surface area contributed by atoms with Crippen LogP contribution in [0, 0.1) is 11.6 Å². The van der Waals surface area contributed by atoms with Crippen molar-refractivity contribution in [1.29, 1.82) is 0 Å². The fraction of sp³-hybridized carbons (Fsp3) is 0.632. The number of halogens is 2. The first-order valence-electron chi connectivity index (χ1n) is 17.9. The standard InChI is InChI=1S/C38H54F2N2S2Se/c1-3-5-7-9-11-13-15-17-19-21-23-29-25-31(43-27-29)33-35(39)36(40)34(38-37(33)41-45-42-38)32-26-30(28-44-32)24-22-20-18-16-14-12-10-8-6-4-2/h25-28H,3-24H2,1-2H3. The van der Waals surface area contributed by atoms with Gasteiger partial charge in [0.25, 0.3) is 0 Å². The van der Waals surface area contributed by atoms with Crippen LogP contribution in [0.3, 0.4) is 0 Å². The molecule has 0 bridgehead atoms. The summed E-state index contributed by atoms with van der Waals surface area (Å²) >= 11 is 2.62. The molecule has 0 N–H and O–H groups in total. The second-order valence-corrected chi connectivity index (χ2v) is 15.8. The summed E-state index contributed by atoms with van der Waals surface area (Å²) in [5.74, 6) is -1.56. The van der Waals surface area contributed by atoms with Crippen LogP contribution >= 0.6 is 22.7 Å². The van der Waals surface area contributed by atoms with E-state index in [0.29, 0.717) is 22.2 Å². The molecule has 1 aromatic carbocycles. The van der Waals surface area contributed by atoms with Crippen LogP contribution < -0.4 is 0 Å². The van der Waals surface area contributed by atoms with E-state index in [4.69, 9.17) is 0 Å². The van der Waals surface area contributed by atoms with E-state index in [-0.39, 0.29) is 15.0 Å². The van der Waals surface area contributed by atoms with E-state index < -0.39 is 11.6 Å². The Kier molecular flexibility index (Phi) is 16.8. The number of hydrogen-bond acceptors (Lipinski definition) is 4. The molecule has 0 amide bonds. The predicted molar refractivity (Wildman–Crippen MR) is 194 cm³/mol. The zero-order valence-electron chi connectivity index (χ0n) is 27.7. The van der Waals surface area contributed by atoms with Crippen molar-refractivity contribution in [3.63, 3.8) is 0 Å². The van der Waals surface area contributed by atoms with Gasteiger partial charge in [-0.1, -0.05) is 78.1 Å². The minimum atomic E-state index is -0.780. The van der Waals surface area contributed by atoms with E-state index in [9.17, 15) is 0 Å². The average Bonchev–Trinajstić information content (AvgIpc) is 3.82. The van der Waals surface area contributed by atoms with E-state index in [1.165, 1.54) is 149 Å². The fourth-order valence-corrected chi connectivity index (χ4v) is 9.45. The number of aromatic nitrogens is 2. The van der Waals surface area contributed by atoms with Gasteiger partial charge in [0.05, 0.1) is 0 Å². The SMILES string of the molecule is CCCCCCCCCCCCc1csc(-c2c(F)c(F)c(-c3cc(CCCCCCCCCCCC)cs3)c3n[se]nc23)c1. The van der Waals surface area contributed by atoms with Crippen molar-refractivity contribution >= 4 is 48.7 Å². The second kappa shape index (κ2) is 20.8. The Hall–Kier alpha value is -1.40. The molecule has 0 unspecified atom stereocenters. The molecular formula is C38H54F2N2S2Se. The van der Waals surface area contributed by atoms with Crippen molar-refractivity contribution < 1.29 is 8.78 Å². The Morgan fingerprint density at radius 1 is 0.511 bits per heavy atom. The molecule has 4 rings (SSSR count). The molecule has 3 aromatic heterocycles. The summed E-state index contributed by atoms with van der Waals surface area (Å²) in [6.45, 7) is 4.53. The third-order valence-electron chi connectivity index (χ3n) is 9.03. The normalized spacial score (nSPS) is 11.7. The quantitative estimate of drug-likeness (QED) is 0.0532. The third-order valence-corrected chi connectivity index (χ3v) is 12.1. The number of thiophene rings is 2. The molecule has 0 atom stereocenters. The van der Waals surface area contributed by atoms with Gasteiger partial charge in [-0.3, -0.25) is 0 Å². The van der Waals surface area contributed by atoms with E-state index in [0.717, 1.165) is 35.4 Å². The van der Waals surface area contributed by atoms with Gasteiger partial charge in [-0.05, 0) is 0 Å². The Bertz CT molecular complexity index is 1290. The summed E-state index contributed by atoms with van der Waals surface area (Å²) in [5, 5.41) is 4.22. The molecule has 4 aromatic rings. The van der Waals surface area contributed by atoms with E-state index >= 15 is 8.78 Å². The van der Waals surface area contributed by atoms with Crippen LogP contribution in [0.25, 0.3) is 31.9 Å². The van der Waals surface area contributed by atoms with Crippen molar-refractivity contribution in [3.05, 3.63) is 45.7 Å². The fourth-order valence-electron chi connectivity index (χ4n) is 6.30. The van der Waals surface area contributed by atoms with Gasteiger partial charge in [-0.25, -0.2) is 0 Å². The number of nitrogens with zero attached hydrogens (tertiary/aromatic N) is 2. The number of benzene rings is 1. The van der Waals surface area contributed by atoms with Crippen LogP contribution in [-0.2, 0) is 12.8 Å². The maximum atomic E-state index is 15.8. The first-order chi connectivity index (χ1) is 22.1. The minimum absolute atomic E-state index is 0.302. The van der Waals surface area contributed by atoms with Crippen LogP contribution in [0.2, 0.25) is 0 Å². The third kappa shape index (κ3) is 11.4. The molecule has 0 spiro atoms. The Labute approximate surface area is 285 Å². The van der Waals surface area contributed by atoms with Gasteiger partial charge in [0.1, 0.15) is 0 Å². The molecule has 0 fully saturated rings. The molecular weight excluding hydrogens is 666 g/mol. The molecule has 45 heavy (non-hydrogen) atoms. The summed E-state index contributed by atoms with van der Waals surface area (Å²) in [6, 6.07) is 4.10. The van der Waals surface area contributed by atoms with E-state index in [1.807, 2.05) is 12.1 Å². The van der Waals surface area contributed by atoms with Gasteiger partial charge in [0, 0.05) is 0 Å². The second-order valence-electron chi connectivity index (χ2n) is 12.8. The number of hydrogen-bond donors (Lipinski definition) is 0. The molecule has 248 valence electrons. The number of rotatable bonds is 24. The van der Waals surface area contributed by atoms with Crippen molar-refractivity contribution in [1.82, 2.24) is 7.96 Å². The zero-order chi connectivity index (χ0) is 31.7. The Balaban J connectivity index is 1.29. The van der Waals surface area contributed by atoms with Crippen LogP contribution in [0.15, 0.2) is 22.9 Å². The van der Waals surface area contributed by atoms with Gasteiger partial charge < -0.3 is 0 Å². The summed E-state index contributed by atoms with van der Waals surface area (Å²) in [7, 11) is 0. The average molecular weight is 720 g/mol. The molecule has 2 nitrogen and oxygen atoms in total. The number of unbranched alkanes of at least 4 members (excludes halogenated alkanes) is 18. The maximum absolute atomic E-state index is 15.8. The van der Waals surface area contributed by atoms with E-state index in [2.05, 4.69) is 32.6 Å². The van der Waals surface area contributed by atoms with Crippen LogP contribution in [-0.4, -0.2) is 22.9 Å². The predicted octanol–water partition coefficient (Wildman–Crippen LogP) is 13.3. The molecule has 0 saturated carbocycles. The Morgan fingerprint density at radius 3 is 1.20 bits per heavy atom. The van der Waals surface area contributed by atoms with Crippen LogP contribution in [0.4, 0.5) is 8.78 Å². The molecule has 0 aliphatic rings. The van der Waals surface area contributed by atoms with E-state index in [1.54, 1.807) is 0 Å². The van der Waals surface area contributed by atoms with Gasteiger partial charge in [-0.2, -0.15) is 0 Å². The molecule has 3 heterocycles. The van der Waals surface area contributed by atoms with Crippen molar-refractivity contribution in [2.75, 3.05) is 0 Å². The van der Waals surface area contributed by atoms with Gasteiger partial charge >= 0.3 is 209 Å². The Morgan fingerprint density at radius 2 is 0.844 bits per heavy atom. The monoisotopic (exact) mass is 720 g/mol. The molecule has 0 aliphatic heterocycles.